The van der Waals surface area contributed by atoms with Gasteiger partial charge in [0.25, 0.3) is 0 Å². The molecule has 1 fully saturated rings. The van der Waals surface area contributed by atoms with E-state index in [1.54, 1.807) is 6.07 Å². The van der Waals surface area contributed by atoms with Gasteiger partial charge in [-0.2, -0.15) is 0 Å². The van der Waals surface area contributed by atoms with Crippen molar-refractivity contribution in [3.05, 3.63) is 18.2 Å². The lowest BCUT2D eigenvalue weighted by Gasteiger charge is -2.29. The van der Waals surface area contributed by atoms with Crippen LogP contribution in [0, 0.1) is 0 Å². The number of anilines is 2. The van der Waals surface area contributed by atoms with E-state index in [4.69, 9.17) is 5.73 Å². The molecule has 0 radical (unpaired) electrons. The Hall–Kier alpha value is -1.63. The molecular weight excluding hydrogens is 247 g/mol. The fourth-order valence-electron chi connectivity index (χ4n) is 1.87. The maximum atomic E-state index is 12.1. The molecule has 0 unspecified atom stereocenters. The third-order valence-corrected chi connectivity index (χ3v) is 2.70. The zero-order valence-corrected chi connectivity index (χ0v) is 9.63. The molecule has 7 heteroatoms. The molecule has 1 aromatic rings. The maximum Gasteiger partial charge on any atom is 0.573 e. The van der Waals surface area contributed by atoms with Gasteiger partial charge in [-0.3, -0.25) is 0 Å². The molecule has 0 atom stereocenters. The molecule has 1 saturated heterocycles. The van der Waals surface area contributed by atoms with E-state index in [1.807, 2.05) is 0 Å². The molecule has 4 nitrogen and oxygen atoms in total. The SMILES string of the molecule is Nc1cc(N2CCNCC2)ccc1OC(F)(F)F. The number of nitrogen functional groups attached to an aromatic ring is 1. The minimum absolute atomic E-state index is 0.0108. The van der Waals surface area contributed by atoms with Crippen molar-refractivity contribution in [2.75, 3.05) is 36.8 Å². The second kappa shape index (κ2) is 4.93. The van der Waals surface area contributed by atoms with Crippen molar-refractivity contribution in [3.63, 3.8) is 0 Å². The number of alkyl halides is 3. The van der Waals surface area contributed by atoms with Crippen molar-refractivity contribution < 1.29 is 17.9 Å². The predicted octanol–water partition coefficient (Wildman–Crippen LogP) is 1.58. The molecule has 0 saturated carbocycles. The van der Waals surface area contributed by atoms with Crippen LogP contribution in [-0.4, -0.2) is 32.5 Å². The Balaban J connectivity index is 2.13. The Kier molecular flexibility index (Phi) is 3.51. The van der Waals surface area contributed by atoms with Gasteiger partial charge in [-0.1, -0.05) is 0 Å². The summed E-state index contributed by atoms with van der Waals surface area (Å²) in [5, 5.41) is 3.20. The van der Waals surface area contributed by atoms with Gasteiger partial charge in [0.2, 0.25) is 0 Å². The first-order valence-electron chi connectivity index (χ1n) is 5.57. The van der Waals surface area contributed by atoms with Gasteiger partial charge in [0, 0.05) is 31.9 Å². The second-order valence-electron chi connectivity index (χ2n) is 4.01. The van der Waals surface area contributed by atoms with Gasteiger partial charge in [-0.15, -0.1) is 13.2 Å². The van der Waals surface area contributed by atoms with E-state index in [0.29, 0.717) is 0 Å². The molecule has 0 aromatic heterocycles. The number of nitrogens with one attached hydrogen (secondary N) is 1. The quantitative estimate of drug-likeness (QED) is 0.794. The maximum absolute atomic E-state index is 12.1. The smallest absolute Gasteiger partial charge is 0.404 e. The molecule has 1 aromatic carbocycles. The van der Waals surface area contributed by atoms with Crippen molar-refractivity contribution in [1.29, 1.82) is 0 Å². The lowest BCUT2D eigenvalue weighted by molar-refractivity contribution is -0.274. The lowest BCUT2D eigenvalue weighted by atomic mass is 10.2. The summed E-state index contributed by atoms with van der Waals surface area (Å²) in [6.07, 6.45) is -4.72. The van der Waals surface area contributed by atoms with Crippen LogP contribution in [0.15, 0.2) is 18.2 Å². The number of piperazine rings is 1. The van der Waals surface area contributed by atoms with Crippen LogP contribution in [0.25, 0.3) is 0 Å². The van der Waals surface area contributed by atoms with Gasteiger partial charge in [-0.05, 0) is 18.2 Å². The summed E-state index contributed by atoms with van der Waals surface area (Å²) in [6, 6.07) is 4.34. The van der Waals surface area contributed by atoms with Crippen LogP contribution in [0.1, 0.15) is 0 Å². The molecular formula is C11H14F3N3O. The van der Waals surface area contributed by atoms with Crippen LogP contribution < -0.4 is 20.7 Å². The zero-order chi connectivity index (χ0) is 13.2. The topological polar surface area (TPSA) is 50.5 Å². The third kappa shape index (κ3) is 3.19. The molecule has 0 aliphatic carbocycles. The molecule has 0 amide bonds. The number of hydrogen-bond acceptors (Lipinski definition) is 4. The molecule has 3 N–H and O–H groups in total. The summed E-state index contributed by atoms with van der Waals surface area (Å²) in [7, 11) is 0. The van der Waals surface area contributed by atoms with E-state index in [9.17, 15) is 13.2 Å². The van der Waals surface area contributed by atoms with E-state index in [0.717, 1.165) is 31.9 Å². The average molecular weight is 261 g/mol. The Labute approximate surface area is 103 Å². The van der Waals surface area contributed by atoms with Gasteiger partial charge in [0.05, 0.1) is 5.69 Å². The first-order valence-corrected chi connectivity index (χ1v) is 5.57. The highest BCUT2D eigenvalue weighted by atomic mass is 19.4. The molecule has 18 heavy (non-hydrogen) atoms. The van der Waals surface area contributed by atoms with Crippen molar-refractivity contribution >= 4 is 11.4 Å². The fourth-order valence-corrected chi connectivity index (χ4v) is 1.87. The first kappa shape index (κ1) is 12.8. The summed E-state index contributed by atoms with van der Waals surface area (Å²) in [4.78, 5) is 2.06. The van der Waals surface area contributed by atoms with Gasteiger partial charge in [-0.25, -0.2) is 0 Å². The van der Waals surface area contributed by atoms with Crippen LogP contribution in [0.4, 0.5) is 24.5 Å². The van der Waals surface area contributed by atoms with Crippen LogP contribution in [0.5, 0.6) is 5.75 Å². The largest absolute Gasteiger partial charge is 0.573 e. The summed E-state index contributed by atoms with van der Waals surface area (Å²) in [5.41, 5.74) is 6.37. The summed E-state index contributed by atoms with van der Waals surface area (Å²) in [5.74, 6) is -0.360. The summed E-state index contributed by atoms with van der Waals surface area (Å²) < 4.78 is 40.1. The zero-order valence-electron chi connectivity index (χ0n) is 9.63. The van der Waals surface area contributed by atoms with Gasteiger partial charge in [0.15, 0.2) is 5.75 Å². The average Bonchev–Trinajstić information content (AvgIpc) is 2.31. The molecule has 1 aliphatic rings. The highest BCUT2D eigenvalue weighted by molar-refractivity contribution is 5.63. The van der Waals surface area contributed by atoms with Crippen LogP contribution >= 0.6 is 0 Å². The molecule has 0 bridgehead atoms. The number of halogens is 3. The minimum atomic E-state index is -4.72. The predicted molar refractivity (Wildman–Crippen MR) is 62.6 cm³/mol. The van der Waals surface area contributed by atoms with Crippen LogP contribution in [0.2, 0.25) is 0 Å². The highest BCUT2D eigenvalue weighted by Gasteiger charge is 2.32. The second-order valence-corrected chi connectivity index (χ2v) is 4.01. The number of rotatable bonds is 2. The number of hydrogen-bond donors (Lipinski definition) is 2. The molecule has 100 valence electrons. The monoisotopic (exact) mass is 261 g/mol. The molecule has 0 spiro atoms. The highest BCUT2D eigenvalue weighted by Crippen LogP contribution is 2.31. The third-order valence-electron chi connectivity index (χ3n) is 2.70. The Bertz CT molecular complexity index is 416. The fraction of sp³-hybridized carbons (Fsp3) is 0.455. The van der Waals surface area contributed by atoms with E-state index >= 15 is 0 Å². The first-order chi connectivity index (χ1) is 8.46. The molecule has 1 heterocycles. The molecule has 1 aliphatic heterocycles. The van der Waals surface area contributed by atoms with E-state index in [2.05, 4.69) is 15.0 Å². The van der Waals surface area contributed by atoms with Crippen molar-refractivity contribution in [2.45, 2.75) is 6.36 Å². The number of ether oxygens (including phenoxy) is 1. The van der Waals surface area contributed by atoms with Crippen LogP contribution in [0.3, 0.4) is 0 Å². The standard InChI is InChI=1S/C11H14F3N3O/c12-11(13,14)18-10-2-1-8(7-9(10)15)17-5-3-16-4-6-17/h1-2,7,16H,3-6,15H2. The molecule has 2 rings (SSSR count). The van der Waals surface area contributed by atoms with Gasteiger partial charge >= 0.3 is 6.36 Å². The van der Waals surface area contributed by atoms with Crippen molar-refractivity contribution in [1.82, 2.24) is 5.32 Å². The lowest BCUT2D eigenvalue weighted by Crippen LogP contribution is -2.43. The van der Waals surface area contributed by atoms with Gasteiger partial charge in [0.1, 0.15) is 0 Å². The van der Waals surface area contributed by atoms with Crippen molar-refractivity contribution in [2.24, 2.45) is 0 Å². The van der Waals surface area contributed by atoms with E-state index in [-0.39, 0.29) is 11.4 Å². The normalized spacial score (nSPS) is 16.7. The number of nitrogens with two attached hydrogens (primary N) is 1. The van der Waals surface area contributed by atoms with E-state index in [1.165, 1.54) is 12.1 Å². The van der Waals surface area contributed by atoms with E-state index < -0.39 is 6.36 Å². The van der Waals surface area contributed by atoms with Crippen LogP contribution in [-0.2, 0) is 0 Å². The Morgan fingerprint density at radius 2 is 1.89 bits per heavy atom. The van der Waals surface area contributed by atoms with Gasteiger partial charge < -0.3 is 20.7 Å². The summed E-state index contributed by atoms with van der Waals surface area (Å²) >= 11 is 0. The number of nitrogens with zero attached hydrogens (tertiary/aromatic N) is 1. The number of benzene rings is 1. The van der Waals surface area contributed by atoms with Crippen molar-refractivity contribution in [3.8, 4) is 5.75 Å². The summed E-state index contributed by atoms with van der Waals surface area (Å²) in [6.45, 7) is 3.30. The Morgan fingerprint density at radius 3 is 2.44 bits per heavy atom. The Morgan fingerprint density at radius 1 is 1.22 bits per heavy atom. The minimum Gasteiger partial charge on any atom is -0.404 e.